The molecule has 2 atom stereocenters. The molecule has 2 aliphatic heterocycles. The minimum Gasteiger partial charge on any atom is -0.497 e. The van der Waals surface area contributed by atoms with Crippen LogP contribution in [0.25, 0.3) is 0 Å². The van der Waals surface area contributed by atoms with Gasteiger partial charge < -0.3 is 20.1 Å². The van der Waals surface area contributed by atoms with E-state index in [1.54, 1.807) is 7.11 Å². The van der Waals surface area contributed by atoms with Gasteiger partial charge in [0, 0.05) is 38.8 Å². The van der Waals surface area contributed by atoms with Crippen LogP contribution in [0.4, 0.5) is 0 Å². The Morgan fingerprint density at radius 3 is 2.76 bits per heavy atom. The smallest absolute Gasteiger partial charge is 0.244 e. The van der Waals surface area contributed by atoms with Crippen LogP contribution in [0.5, 0.6) is 5.75 Å². The van der Waals surface area contributed by atoms with Gasteiger partial charge in [-0.15, -0.1) is 0 Å². The van der Waals surface area contributed by atoms with E-state index in [1.807, 2.05) is 29.2 Å². The Bertz CT molecular complexity index is 587. The summed E-state index contributed by atoms with van der Waals surface area (Å²) in [6.45, 7) is 6.02. The van der Waals surface area contributed by atoms with Crippen LogP contribution in [0.15, 0.2) is 24.3 Å². The monoisotopic (exact) mass is 347 g/mol. The molecule has 2 unspecified atom stereocenters. The van der Waals surface area contributed by atoms with Gasteiger partial charge in [-0.3, -0.25) is 9.69 Å². The van der Waals surface area contributed by atoms with E-state index in [0.29, 0.717) is 25.9 Å². The van der Waals surface area contributed by atoms with Crippen LogP contribution < -0.4 is 10.1 Å². The first kappa shape index (κ1) is 18.2. The summed E-state index contributed by atoms with van der Waals surface area (Å²) in [5.74, 6) is 0.904. The van der Waals surface area contributed by atoms with Crippen LogP contribution in [0, 0.1) is 0 Å². The molecule has 138 valence electrons. The third-order valence-electron chi connectivity index (χ3n) is 5.30. The Balaban J connectivity index is 1.89. The van der Waals surface area contributed by atoms with Gasteiger partial charge in [0.1, 0.15) is 11.8 Å². The summed E-state index contributed by atoms with van der Waals surface area (Å²) in [5, 5.41) is 13.1. The quantitative estimate of drug-likeness (QED) is 0.851. The number of hydrogen-bond donors (Lipinski definition) is 2. The molecule has 0 radical (unpaired) electrons. The number of benzene rings is 1. The van der Waals surface area contributed by atoms with Crippen molar-refractivity contribution in [1.29, 1.82) is 0 Å². The van der Waals surface area contributed by atoms with Crippen molar-refractivity contribution < 1.29 is 14.6 Å². The van der Waals surface area contributed by atoms with Gasteiger partial charge in [0.05, 0.1) is 13.2 Å². The number of amides is 1. The SMILES string of the molecule is COc1cccc(C(C(=O)N2CCC(O)CC2)N2CCNCC2C)c1. The van der Waals surface area contributed by atoms with Gasteiger partial charge in [-0.1, -0.05) is 12.1 Å². The third kappa shape index (κ3) is 4.14. The number of carbonyl (C=O) groups excluding carboxylic acids is 1. The van der Waals surface area contributed by atoms with Crippen LogP contribution in [0.2, 0.25) is 0 Å². The number of methoxy groups -OCH3 is 1. The molecule has 6 nitrogen and oxygen atoms in total. The molecule has 0 bridgehead atoms. The number of aliphatic hydroxyl groups excluding tert-OH is 1. The molecular weight excluding hydrogens is 318 g/mol. The van der Waals surface area contributed by atoms with Gasteiger partial charge in [0.2, 0.25) is 5.91 Å². The summed E-state index contributed by atoms with van der Waals surface area (Å²) in [7, 11) is 1.65. The maximum Gasteiger partial charge on any atom is 0.244 e. The summed E-state index contributed by atoms with van der Waals surface area (Å²) >= 11 is 0. The van der Waals surface area contributed by atoms with Gasteiger partial charge in [-0.2, -0.15) is 0 Å². The number of ether oxygens (including phenoxy) is 1. The van der Waals surface area contributed by atoms with E-state index in [4.69, 9.17) is 4.74 Å². The molecule has 1 aromatic carbocycles. The lowest BCUT2D eigenvalue weighted by molar-refractivity contribution is -0.140. The predicted molar refractivity (Wildman–Crippen MR) is 96.6 cm³/mol. The molecule has 1 aromatic rings. The molecule has 2 aliphatic rings. The lowest BCUT2D eigenvalue weighted by Gasteiger charge is -2.42. The minimum atomic E-state index is -0.303. The maximum absolute atomic E-state index is 13.4. The van der Waals surface area contributed by atoms with Crippen LogP contribution in [0.3, 0.4) is 0 Å². The number of carbonyl (C=O) groups is 1. The molecule has 2 N–H and O–H groups in total. The molecular formula is C19H29N3O3. The zero-order valence-corrected chi connectivity index (χ0v) is 15.1. The molecule has 0 aromatic heterocycles. The van der Waals surface area contributed by atoms with Crippen molar-refractivity contribution in [1.82, 2.24) is 15.1 Å². The highest BCUT2D eigenvalue weighted by Crippen LogP contribution is 2.29. The topological polar surface area (TPSA) is 65.0 Å². The summed E-state index contributed by atoms with van der Waals surface area (Å²) in [6.07, 6.45) is 1.04. The van der Waals surface area contributed by atoms with Crippen LogP contribution in [0.1, 0.15) is 31.4 Å². The zero-order valence-electron chi connectivity index (χ0n) is 15.1. The number of rotatable bonds is 4. The Morgan fingerprint density at radius 1 is 1.32 bits per heavy atom. The second kappa shape index (κ2) is 8.17. The molecule has 2 fully saturated rings. The number of piperazine rings is 1. The van der Waals surface area contributed by atoms with Gasteiger partial charge in [0.25, 0.3) is 0 Å². The Morgan fingerprint density at radius 2 is 2.08 bits per heavy atom. The lowest BCUT2D eigenvalue weighted by atomic mass is 9.98. The standard InChI is InChI=1S/C19H29N3O3/c1-14-13-20-8-11-22(14)18(15-4-3-5-17(12-15)25-2)19(24)21-9-6-16(23)7-10-21/h3-5,12,14,16,18,20,23H,6-11,13H2,1-2H3. The minimum absolute atomic E-state index is 0.133. The average molecular weight is 347 g/mol. The van der Waals surface area contributed by atoms with Gasteiger partial charge in [-0.05, 0) is 37.5 Å². The fourth-order valence-electron chi connectivity index (χ4n) is 3.79. The van der Waals surface area contributed by atoms with Crippen molar-refractivity contribution in [3.05, 3.63) is 29.8 Å². The first-order valence-corrected chi connectivity index (χ1v) is 9.17. The maximum atomic E-state index is 13.4. The van der Waals surface area contributed by atoms with E-state index in [2.05, 4.69) is 17.1 Å². The lowest BCUT2D eigenvalue weighted by Crippen LogP contribution is -2.55. The summed E-state index contributed by atoms with van der Waals surface area (Å²) in [4.78, 5) is 17.6. The number of nitrogens with one attached hydrogen (secondary N) is 1. The van der Waals surface area contributed by atoms with E-state index in [9.17, 15) is 9.90 Å². The number of piperidine rings is 1. The highest BCUT2D eigenvalue weighted by Gasteiger charge is 2.36. The Hall–Kier alpha value is -1.63. The van der Waals surface area contributed by atoms with Gasteiger partial charge >= 0.3 is 0 Å². The van der Waals surface area contributed by atoms with Crippen LogP contribution in [-0.2, 0) is 4.79 Å². The van der Waals surface area contributed by atoms with E-state index in [0.717, 1.165) is 30.9 Å². The van der Waals surface area contributed by atoms with Crippen LogP contribution >= 0.6 is 0 Å². The first-order chi connectivity index (χ1) is 12.1. The predicted octanol–water partition coefficient (Wildman–Crippen LogP) is 1.01. The highest BCUT2D eigenvalue weighted by atomic mass is 16.5. The molecule has 25 heavy (non-hydrogen) atoms. The second-order valence-corrected chi connectivity index (χ2v) is 7.03. The summed E-state index contributed by atoms with van der Waals surface area (Å²) < 4.78 is 5.37. The largest absolute Gasteiger partial charge is 0.497 e. The Kier molecular flexibility index (Phi) is 5.93. The molecule has 0 saturated carbocycles. The number of aliphatic hydroxyl groups is 1. The van der Waals surface area contributed by atoms with Crippen molar-refractivity contribution in [3.63, 3.8) is 0 Å². The van der Waals surface area contributed by atoms with Gasteiger partial charge in [0.15, 0.2) is 0 Å². The van der Waals surface area contributed by atoms with E-state index >= 15 is 0 Å². The fourth-order valence-corrected chi connectivity index (χ4v) is 3.79. The van der Waals surface area contributed by atoms with Crippen molar-refractivity contribution >= 4 is 5.91 Å². The average Bonchev–Trinajstić information content (AvgIpc) is 2.64. The Labute approximate surface area is 149 Å². The van der Waals surface area contributed by atoms with Crippen molar-refractivity contribution in [2.45, 2.75) is 38.0 Å². The molecule has 0 spiro atoms. The normalized spacial score (nSPS) is 24.1. The van der Waals surface area contributed by atoms with Gasteiger partial charge in [-0.25, -0.2) is 0 Å². The van der Waals surface area contributed by atoms with Crippen molar-refractivity contribution in [3.8, 4) is 5.75 Å². The summed E-state index contributed by atoms with van der Waals surface area (Å²) in [5.41, 5.74) is 0.976. The van der Waals surface area contributed by atoms with E-state index in [1.165, 1.54) is 0 Å². The van der Waals surface area contributed by atoms with Crippen molar-refractivity contribution in [2.75, 3.05) is 39.8 Å². The van der Waals surface area contributed by atoms with E-state index < -0.39 is 0 Å². The molecule has 3 rings (SSSR count). The fraction of sp³-hybridized carbons (Fsp3) is 0.632. The zero-order chi connectivity index (χ0) is 17.8. The van der Waals surface area contributed by atoms with Crippen LogP contribution in [-0.4, -0.2) is 72.8 Å². The molecule has 6 heteroatoms. The number of hydrogen-bond acceptors (Lipinski definition) is 5. The first-order valence-electron chi connectivity index (χ1n) is 9.17. The summed E-state index contributed by atoms with van der Waals surface area (Å²) in [6, 6.07) is 7.81. The second-order valence-electron chi connectivity index (χ2n) is 7.03. The number of likely N-dealkylation sites (tertiary alicyclic amines) is 1. The molecule has 2 heterocycles. The molecule has 0 aliphatic carbocycles. The third-order valence-corrected chi connectivity index (χ3v) is 5.30. The molecule has 1 amide bonds. The highest BCUT2D eigenvalue weighted by molar-refractivity contribution is 5.83. The molecule has 2 saturated heterocycles. The number of nitrogens with zero attached hydrogens (tertiary/aromatic N) is 2. The van der Waals surface area contributed by atoms with Crippen molar-refractivity contribution in [2.24, 2.45) is 0 Å². The van der Waals surface area contributed by atoms with E-state index in [-0.39, 0.29) is 24.1 Å².